The Morgan fingerprint density at radius 1 is 1.32 bits per heavy atom. The van der Waals surface area contributed by atoms with E-state index in [-0.39, 0.29) is 18.7 Å². The van der Waals surface area contributed by atoms with Gasteiger partial charge in [0.2, 0.25) is 0 Å². The van der Waals surface area contributed by atoms with Gasteiger partial charge in [0.05, 0.1) is 18.2 Å². The van der Waals surface area contributed by atoms with Crippen LogP contribution in [0.2, 0.25) is 0 Å². The topological polar surface area (TPSA) is 61.8 Å². The third-order valence-electron chi connectivity index (χ3n) is 3.26. The van der Waals surface area contributed by atoms with E-state index < -0.39 is 5.60 Å². The number of carbonyl (C=O) groups is 1. The zero-order valence-corrected chi connectivity index (χ0v) is 14.2. The fourth-order valence-electron chi connectivity index (χ4n) is 1.93. The van der Waals surface area contributed by atoms with Gasteiger partial charge in [-0.2, -0.15) is 0 Å². The molecule has 124 valence electrons. The van der Waals surface area contributed by atoms with Gasteiger partial charge in [0, 0.05) is 12.2 Å². The Labute approximate surface area is 133 Å². The van der Waals surface area contributed by atoms with E-state index in [0.29, 0.717) is 12.2 Å². The molecule has 0 aliphatic carbocycles. The Morgan fingerprint density at radius 2 is 1.91 bits per heavy atom. The summed E-state index contributed by atoms with van der Waals surface area (Å²) < 4.78 is 5.70. The molecule has 0 heterocycles. The molecule has 0 aliphatic rings. The molecule has 1 aromatic carbocycles. The number of rotatable bonds is 7. The molecule has 1 rings (SSSR count). The SMILES string of the molecule is CCC(C)Oc1ccc(NC(=O)N(CC)CC(C)(C)O)cc1. The lowest BCUT2D eigenvalue weighted by Gasteiger charge is -2.28. The number of carbonyl (C=O) groups excluding carboxylic acids is 1. The second-order valence-electron chi connectivity index (χ2n) is 6.12. The lowest BCUT2D eigenvalue weighted by Crippen LogP contribution is -2.44. The van der Waals surface area contributed by atoms with E-state index >= 15 is 0 Å². The molecule has 0 radical (unpaired) electrons. The van der Waals surface area contributed by atoms with Crippen molar-refractivity contribution in [3.05, 3.63) is 24.3 Å². The van der Waals surface area contributed by atoms with E-state index in [9.17, 15) is 9.90 Å². The van der Waals surface area contributed by atoms with Crippen molar-refractivity contribution in [1.29, 1.82) is 0 Å². The highest BCUT2D eigenvalue weighted by atomic mass is 16.5. The number of benzene rings is 1. The highest BCUT2D eigenvalue weighted by Gasteiger charge is 2.21. The Bertz CT molecular complexity index is 466. The first-order valence-corrected chi connectivity index (χ1v) is 7.80. The third-order valence-corrected chi connectivity index (χ3v) is 3.26. The zero-order chi connectivity index (χ0) is 16.8. The number of hydrogen-bond acceptors (Lipinski definition) is 3. The van der Waals surface area contributed by atoms with E-state index in [1.165, 1.54) is 0 Å². The summed E-state index contributed by atoms with van der Waals surface area (Å²) in [6.07, 6.45) is 1.11. The minimum Gasteiger partial charge on any atom is -0.491 e. The first-order chi connectivity index (χ1) is 10.2. The maximum absolute atomic E-state index is 12.2. The minimum atomic E-state index is -0.915. The third kappa shape index (κ3) is 6.35. The quantitative estimate of drug-likeness (QED) is 0.810. The standard InChI is InChI=1S/C17H28N2O3/c1-6-13(3)22-15-10-8-14(9-11-15)18-16(20)19(7-2)12-17(4,5)21/h8-11,13,21H,6-7,12H2,1-5H3,(H,18,20). The average molecular weight is 308 g/mol. The molecule has 2 amide bonds. The summed E-state index contributed by atoms with van der Waals surface area (Å²) in [4.78, 5) is 13.8. The molecule has 0 saturated carbocycles. The summed E-state index contributed by atoms with van der Waals surface area (Å²) in [7, 11) is 0. The van der Waals surface area contributed by atoms with Crippen LogP contribution in [0.3, 0.4) is 0 Å². The van der Waals surface area contributed by atoms with Crippen LogP contribution >= 0.6 is 0 Å². The second-order valence-corrected chi connectivity index (χ2v) is 6.12. The van der Waals surface area contributed by atoms with Gasteiger partial charge in [-0.3, -0.25) is 0 Å². The van der Waals surface area contributed by atoms with E-state index in [1.54, 1.807) is 18.7 Å². The number of anilines is 1. The van der Waals surface area contributed by atoms with Crippen molar-refractivity contribution < 1.29 is 14.6 Å². The van der Waals surface area contributed by atoms with Crippen molar-refractivity contribution in [2.24, 2.45) is 0 Å². The van der Waals surface area contributed by atoms with Gasteiger partial charge < -0.3 is 20.1 Å². The number of nitrogens with one attached hydrogen (secondary N) is 1. The van der Waals surface area contributed by atoms with Gasteiger partial charge >= 0.3 is 6.03 Å². The molecule has 1 unspecified atom stereocenters. The number of likely N-dealkylation sites (N-methyl/N-ethyl adjacent to an activating group) is 1. The molecule has 5 heteroatoms. The van der Waals surface area contributed by atoms with Gasteiger partial charge in [0.1, 0.15) is 5.75 Å². The average Bonchev–Trinajstić information content (AvgIpc) is 2.45. The number of urea groups is 1. The second kappa shape index (κ2) is 8.03. The molecule has 1 aromatic rings. The van der Waals surface area contributed by atoms with Crippen LogP contribution in [0.5, 0.6) is 5.75 Å². The molecular weight excluding hydrogens is 280 g/mol. The van der Waals surface area contributed by atoms with Gasteiger partial charge in [-0.05, 0) is 58.4 Å². The van der Waals surface area contributed by atoms with Crippen LogP contribution in [0.15, 0.2) is 24.3 Å². The number of amides is 2. The van der Waals surface area contributed by atoms with Crippen LogP contribution in [0.25, 0.3) is 0 Å². The Morgan fingerprint density at radius 3 is 2.36 bits per heavy atom. The molecule has 0 fully saturated rings. The molecule has 0 aliphatic heterocycles. The normalized spacial score (nSPS) is 12.6. The summed E-state index contributed by atoms with van der Waals surface area (Å²) in [6, 6.07) is 7.09. The molecule has 0 bridgehead atoms. The predicted molar refractivity (Wildman–Crippen MR) is 89.4 cm³/mol. The Balaban J connectivity index is 2.63. The van der Waals surface area contributed by atoms with Gasteiger partial charge in [0.15, 0.2) is 0 Å². The van der Waals surface area contributed by atoms with E-state index in [2.05, 4.69) is 12.2 Å². The maximum atomic E-state index is 12.2. The van der Waals surface area contributed by atoms with Crippen molar-refractivity contribution in [3.8, 4) is 5.75 Å². The van der Waals surface area contributed by atoms with Gasteiger partial charge in [-0.1, -0.05) is 6.92 Å². The molecule has 0 aromatic heterocycles. The molecule has 0 spiro atoms. The number of nitrogens with zero attached hydrogens (tertiary/aromatic N) is 1. The Hall–Kier alpha value is -1.75. The lowest BCUT2D eigenvalue weighted by molar-refractivity contribution is 0.0501. The smallest absolute Gasteiger partial charge is 0.321 e. The minimum absolute atomic E-state index is 0.169. The van der Waals surface area contributed by atoms with E-state index in [1.807, 2.05) is 38.1 Å². The molecule has 22 heavy (non-hydrogen) atoms. The van der Waals surface area contributed by atoms with Crippen LogP contribution in [0.1, 0.15) is 41.0 Å². The first-order valence-electron chi connectivity index (χ1n) is 7.80. The van der Waals surface area contributed by atoms with Crippen LogP contribution in [0, 0.1) is 0 Å². The summed E-state index contributed by atoms with van der Waals surface area (Å²) >= 11 is 0. The Kier molecular flexibility index (Phi) is 6.68. The van der Waals surface area contributed by atoms with Crippen molar-refractivity contribution in [1.82, 2.24) is 4.90 Å². The fourth-order valence-corrected chi connectivity index (χ4v) is 1.93. The van der Waals surface area contributed by atoms with Crippen LogP contribution in [0.4, 0.5) is 10.5 Å². The number of aliphatic hydroxyl groups is 1. The monoisotopic (exact) mass is 308 g/mol. The summed E-state index contributed by atoms with van der Waals surface area (Å²) in [6.45, 7) is 10.2. The largest absolute Gasteiger partial charge is 0.491 e. The molecule has 2 N–H and O–H groups in total. The van der Waals surface area contributed by atoms with Crippen LogP contribution in [-0.2, 0) is 0 Å². The van der Waals surface area contributed by atoms with Gasteiger partial charge in [-0.25, -0.2) is 4.79 Å². The van der Waals surface area contributed by atoms with Crippen LogP contribution in [-0.4, -0.2) is 40.8 Å². The summed E-state index contributed by atoms with van der Waals surface area (Å²) in [5.41, 5.74) is -0.211. The van der Waals surface area contributed by atoms with Crippen molar-refractivity contribution in [2.45, 2.75) is 52.7 Å². The molecular formula is C17H28N2O3. The maximum Gasteiger partial charge on any atom is 0.321 e. The summed E-state index contributed by atoms with van der Waals surface area (Å²) in [5.74, 6) is 0.788. The number of hydrogen-bond donors (Lipinski definition) is 2. The highest BCUT2D eigenvalue weighted by Crippen LogP contribution is 2.18. The zero-order valence-electron chi connectivity index (χ0n) is 14.2. The summed E-state index contributed by atoms with van der Waals surface area (Å²) in [5, 5.41) is 12.7. The molecule has 5 nitrogen and oxygen atoms in total. The van der Waals surface area contributed by atoms with Crippen molar-refractivity contribution in [3.63, 3.8) is 0 Å². The number of ether oxygens (including phenoxy) is 1. The van der Waals surface area contributed by atoms with Gasteiger partial charge in [-0.15, -0.1) is 0 Å². The van der Waals surface area contributed by atoms with Crippen LogP contribution < -0.4 is 10.1 Å². The van der Waals surface area contributed by atoms with Gasteiger partial charge in [0.25, 0.3) is 0 Å². The van der Waals surface area contributed by atoms with Crippen molar-refractivity contribution in [2.75, 3.05) is 18.4 Å². The van der Waals surface area contributed by atoms with E-state index in [4.69, 9.17) is 4.74 Å². The highest BCUT2D eigenvalue weighted by molar-refractivity contribution is 5.89. The fraction of sp³-hybridized carbons (Fsp3) is 0.588. The lowest BCUT2D eigenvalue weighted by atomic mass is 10.1. The van der Waals surface area contributed by atoms with E-state index in [0.717, 1.165) is 12.2 Å². The van der Waals surface area contributed by atoms with Crippen molar-refractivity contribution >= 4 is 11.7 Å². The molecule has 0 saturated heterocycles. The molecule has 1 atom stereocenters. The predicted octanol–water partition coefficient (Wildman–Crippen LogP) is 3.49. The first kappa shape index (κ1) is 18.3.